The van der Waals surface area contributed by atoms with E-state index in [0.717, 1.165) is 21.7 Å². The maximum absolute atomic E-state index is 13.4. The number of amides is 2. The number of aromatic nitrogens is 1. The Bertz CT molecular complexity index is 1420. The molecule has 0 fully saturated rings. The highest BCUT2D eigenvalue weighted by molar-refractivity contribution is 8.00. The molecule has 2 amide bonds. The second-order valence-corrected chi connectivity index (χ2v) is 12.7. The molecular formula is C29H27Cl2N3O2S2. The fraction of sp³-hybridized carbons (Fsp3) is 0.207. The van der Waals surface area contributed by atoms with Crippen LogP contribution >= 0.6 is 46.3 Å². The standard InChI is InChI=1S/C29H27Cl2N3O2S2/c1-29(2,3)16-25(35)32-20-10-12-21(13-11-20)38-26(18-7-5-4-6-8-18)27(36)34-28-33-24(17-37-28)19-9-14-22(30)23(31)15-19/h4-15,17,26H,16H2,1-3H3,(H,32,35)(H,33,34,36). The van der Waals surface area contributed by atoms with Gasteiger partial charge < -0.3 is 10.6 Å². The van der Waals surface area contributed by atoms with E-state index in [1.807, 2.05) is 86.8 Å². The van der Waals surface area contributed by atoms with Gasteiger partial charge in [-0.25, -0.2) is 4.98 Å². The van der Waals surface area contributed by atoms with Crippen LogP contribution in [0.3, 0.4) is 0 Å². The normalized spacial score (nSPS) is 12.1. The van der Waals surface area contributed by atoms with Gasteiger partial charge >= 0.3 is 0 Å². The van der Waals surface area contributed by atoms with Gasteiger partial charge in [0.1, 0.15) is 5.25 Å². The first kappa shape index (κ1) is 28.2. The zero-order chi connectivity index (χ0) is 27.3. The monoisotopic (exact) mass is 583 g/mol. The first-order chi connectivity index (χ1) is 18.1. The minimum absolute atomic E-state index is 0.0249. The Balaban J connectivity index is 1.48. The van der Waals surface area contributed by atoms with Crippen LogP contribution in [0.1, 0.15) is 38.0 Å². The molecule has 0 spiro atoms. The van der Waals surface area contributed by atoms with Gasteiger partial charge in [0.15, 0.2) is 5.13 Å². The minimum atomic E-state index is -0.505. The van der Waals surface area contributed by atoms with Crippen LogP contribution in [0.5, 0.6) is 0 Å². The third-order valence-corrected chi connectivity index (χ3v) is 8.14. The Kier molecular flexibility index (Phi) is 9.15. The Morgan fingerprint density at radius 1 is 0.947 bits per heavy atom. The number of nitrogens with one attached hydrogen (secondary N) is 2. The molecule has 0 saturated heterocycles. The summed E-state index contributed by atoms with van der Waals surface area (Å²) >= 11 is 15.0. The molecule has 4 rings (SSSR count). The highest BCUT2D eigenvalue weighted by Gasteiger charge is 2.23. The molecule has 2 N–H and O–H groups in total. The molecule has 0 aliphatic heterocycles. The van der Waals surface area contributed by atoms with Crippen molar-refractivity contribution in [3.8, 4) is 11.3 Å². The molecule has 0 saturated carbocycles. The van der Waals surface area contributed by atoms with Crippen molar-refractivity contribution in [3.05, 3.63) is 93.8 Å². The SMILES string of the molecule is CC(C)(C)CC(=O)Nc1ccc(SC(C(=O)Nc2nc(-c3ccc(Cl)c(Cl)c3)cs2)c2ccccc2)cc1. The first-order valence-electron chi connectivity index (χ1n) is 11.9. The molecule has 0 aliphatic carbocycles. The number of hydrogen-bond acceptors (Lipinski definition) is 5. The molecule has 1 atom stereocenters. The highest BCUT2D eigenvalue weighted by Crippen LogP contribution is 2.37. The van der Waals surface area contributed by atoms with Crippen LogP contribution in [-0.2, 0) is 9.59 Å². The van der Waals surface area contributed by atoms with E-state index < -0.39 is 5.25 Å². The number of carbonyl (C=O) groups excluding carboxylic acids is 2. The van der Waals surface area contributed by atoms with Crippen molar-refractivity contribution in [1.82, 2.24) is 4.98 Å². The van der Waals surface area contributed by atoms with Crippen molar-refractivity contribution in [3.63, 3.8) is 0 Å². The molecule has 1 aromatic heterocycles. The van der Waals surface area contributed by atoms with Gasteiger partial charge in [-0.15, -0.1) is 23.1 Å². The zero-order valence-corrected chi connectivity index (χ0v) is 24.3. The molecule has 38 heavy (non-hydrogen) atoms. The fourth-order valence-corrected chi connectivity index (χ4v) is 5.68. The number of anilines is 2. The first-order valence-corrected chi connectivity index (χ1v) is 14.4. The molecule has 3 aromatic carbocycles. The number of nitrogens with zero attached hydrogens (tertiary/aromatic N) is 1. The van der Waals surface area contributed by atoms with Crippen LogP contribution in [0.4, 0.5) is 10.8 Å². The van der Waals surface area contributed by atoms with Crippen LogP contribution in [0, 0.1) is 5.41 Å². The van der Waals surface area contributed by atoms with Gasteiger partial charge in [-0.2, -0.15) is 0 Å². The van der Waals surface area contributed by atoms with Crippen molar-refractivity contribution >= 4 is 68.9 Å². The number of benzene rings is 3. The zero-order valence-electron chi connectivity index (χ0n) is 21.1. The third kappa shape index (κ3) is 7.84. The molecular weight excluding hydrogens is 557 g/mol. The summed E-state index contributed by atoms with van der Waals surface area (Å²) in [4.78, 5) is 31.2. The molecule has 0 bridgehead atoms. The molecule has 196 valence electrons. The van der Waals surface area contributed by atoms with Crippen LogP contribution in [0.15, 0.2) is 83.1 Å². The smallest absolute Gasteiger partial charge is 0.244 e. The topological polar surface area (TPSA) is 71.1 Å². The summed E-state index contributed by atoms with van der Waals surface area (Å²) in [6, 6.07) is 22.4. The predicted octanol–water partition coefficient (Wildman–Crippen LogP) is 8.96. The van der Waals surface area contributed by atoms with Crippen molar-refractivity contribution in [1.29, 1.82) is 0 Å². The van der Waals surface area contributed by atoms with Crippen LogP contribution < -0.4 is 10.6 Å². The molecule has 9 heteroatoms. The van der Waals surface area contributed by atoms with Gasteiger partial charge in [-0.05, 0) is 47.4 Å². The summed E-state index contributed by atoms with van der Waals surface area (Å²) in [5.74, 6) is -0.207. The summed E-state index contributed by atoms with van der Waals surface area (Å²) in [5, 5.41) is 8.69. The van der Waals surface area contributed by atoms with E-state index in [-0.39, 0.29) is 17.2 Å². The Labute approximate surface area is 241 Å². The van der Waals surface area contributed by atoms with E-state index in [1.54, 1.807) is 12.1 Å². The van der Waals surface area contributed by atoms with Gasteiger partial charge in [-0.1, -0.05) is 80.4 Å². The number of carbonyl (C=O) groups is 2. The molecule has 1 unspecified atom stereocenters. The summed E-state index contributed by atoms with van der Waals surface area (Å²) in [6.07, 6.45) is 0.434. The van der Waals surface area contributed by atoms with Gasteiger partial charge in [0.25, 0.3) is 0 Å². The van der Waals surface area contributed by atoms with Crippen molar-refractivity contribution in [2.24, 2.45) is 5.41 Å². The van der Waals surface area contributed by atoms with Crippen LogP contribution in [0.2, 0.25) is 10.0 Å². The summed E-state index contributed by atoms with van der Waals surface area (Å²) < 4.78 is 0. The van der Waals surface area contributed by atoms with Crippen molar-refractivity contribution in [2.75, 3.05) is 10.6 Å². The minimum Gasteiger partial charge on any atom is -0.326 e. The molecule has 0 aliphatic rings. The lowest BCUT2D eigenvalue weighted by Gasteiger charge is -2.18. The molecule has 5 nitrogen and oxygen atoms in total. The van der Waals surface area contributed by atoms with E-state index in [1.165, 1.54) is 23.1 Å². The average molecular weight is 585 g/mol. The third-order valence-electron chi connectivity index (χ3n) is 5.37. The highest BCUT2D eigenvalue weighted by atomic mass is 35.5. The number of rotatable bonds is 8. The maximum atomic E-state index is 13.4. The van der Waals surface area contributed by atoms with E-state index in [4.69, 9.17) is 23.2 Å². The van der Waals surface area contributed by atoms with Gasteiger partial charge in [-0.3, -0.25) is 9.59 Å². The lowest BCUT2D eigenvalue weighted by Crippen LogP contribution is -2.19. The predicted molar refractivity (Wildman–Crippen MR) is 160 cm³/mol. The molecule has 4 aromatic rings. The molecule has 1 heterocycles. The number of hydrogen-bond donors (Lipinski definition) is 2. The van der Waals surface area contributed by atoms with Crippen molar-refractivity contribution < 1.29 is 9.59 Å². The largest absolute Gasteiger partial charge is 0.326 e. The van der Waals surface area contributed by atoms with Gasteiger partial charge in [0, 0.05) is 27.9 Å². The lowest BCUT2D eigenvalue weighted by molar-refractivity contribution is -0.118. The fourth-order valence-electron chi connectivity index (χ4n) is 3.63. The summed E-state index contributed by atoms with van der Waals surface area (Å²) in [6.45, 7) is 6.09. The summed E-state index contributed by atoms with van der Waals surface area (Å²) in [7, 11) is 0. The number of thioether (sulfide) groups is 1. The van der Waals surface area contributed by atoms with E-state index in [0.29, 0.717) is 27.3 Å². The Hall–Kier alpha value is -2.84. The maximum Gasteiger partial charge on any atom is 0.244 e. The number of halogens is 2. The second-order valence-electron chi connectivity index (χ2n) is 9.87. The van der Waals surface area contributed by atoms with Crippen LogP contribution in [0.25, 0.3) is 11.3 Å². The second kappa shape index (κ2) is 12.3. The van der Waals surface area contributed by atoms with E-state index in [2.05, 4.69) is 15.6 Å². The quantitative estimate of drug-likeness (QED) is 0.203. The number of thiazole rings is 1. The average Bonchev–Trinajstić information content (AvgIpc) is 3.33. The van der Waals surface area contributed by atoms with E-state index >= 15 is 0 Å². The van der Waals surface area contributed by atoms with Crippen LogP contribution in [-0.4, -0.2) is 16.8 Å². The Morgan fingerprint density at radius 2 is 1.66 bits per heavy atom. The Morgan fingerprint density at radius 3 is 2.32 bits per heavy atom. The van der Waals surface area contributed by atoms with Gasteiger partial charge in [0.05, 0.1) is 15.7 Å². The van der Waals surface area contributed by atoms with Gasteiger partial charge in [0.2, 0.25) is 11.8 Å². The molecule has 0 radical (unpaired) electrons. The van der Waals surface area contributed by atoms with E-state index in [9.17, 15) is 9.59 Å². The summed E-state index contributed by atoms with van der Waals surface area (Å²) in [5.41, 5.74) is 3.04. The van der Waals surface area contributed by atoms with Crippen molar-refractivity contribution in [2.45, 2.75) is 37.3 Å². The lowest BCUT2D eigenvalue weighted by atomic mass is 9.92.